The molecule has 3 rings (SSSR count). The highest BCUT2D eigenvalue weighted by atomic mass is 16.6. The third-order valence-electron chi connectivity index (χ3n) is 5.22. The number of nitro groups is 1. The summed E-state index contributed by atoms with van der Waals surface area (Å²) in [5.41, 5.74) is 0.851. The zero-order chi connectivity index (χ0) is 24.7. The van der Waals surface area contributed by atoms with E-state index in [0.717, 1.165) is 5.56 Å². The first-order valence-corrected chi connectivity index (χ1v) is 10.4. The Bertz CT molecular complexity index is 1160. The Morgan fingerprint density at radius 2 is 1.50 bits per heavy atom. The lowest BCUT2D eigenvalue weighted by Gasteiger charge is -2.19. The van der Waals surface area contributed by atoms with Gasteiger partial charge in [0.05, 0.1) is 31.8 Å². The predicted molar refractivity (Wildman–Crippen MR) is 126 cm³/mol. The average Bonchev–Trinajstić information content (AvgIpc) is 2.87. The number of methoxy groups -OCH3 is 3. The van der Waals surface area contributed by atoms with E-state index in [2.05, 4.69) is 0 Å². The summed E-state index contributed by atoms with van der Waals surface area (Å²) in [5.74, 6) is 2.17. The van der Waals surface area contributed by atoms with Crippen LogP contribution in [0.3, 0.4) is 0 Å². The number of amides is 1. The Hall–Kier alpha value is -4.27. The summed E-state index contributed by atoms with van der Waals surface area (Å²) in [7, 11) is 6.32. The largest absolute Gasteiger partial charge is 0.497 e. The highest BCUT2D eigenvalue weighted by Crippen LogP contribution is 2.31. The van der Waals surface area contributed by atoms with Gasteiger partial charge in [0.15, 0.2) is 11.5 Å². The molecule has 9 heteroatoms. The standard InChI is InChI=1S/C25H26N2O7/c1-26(14-13-17-5-11-23(32-3)24(15-17)33-4)25(28)21-16-18(27(29)30)6-12-22(21)34-20-9-7-19(31-2)8-10-20/h5-12,15-16H,13-14H2,1-4H3. The number of hydrogen-bond acceptors (Lipinski definition) is 7. The molecule has 34 heavy (non-hydrogen) atoms. The predicted octanol–water partition coefficient (Wildman–Crippen LogP) is 4.73. The molecule has 3 aromatic rings. The second kappa shape index (κ2) is 11.0. The van der Waals surface area contributed by atoms with Crippen molar-refractivity contribution < 1.29 is 28.7 Å². The van der Waals surface area contributed by atoms with E-state index >= 15 is 0 Å². The third kappa shape index (κ3) is 5.74. The first-order chi connectivity index (χ1) is 16.4. The Morgan fingerprint density at radius 3 is 2.12 bits per heavy atom. The van der Waals surface area contributed by atoms with Crippen molar-refractivity contribution in [3.63, 3.8) is 0 Å². The van der Waals surface area contributed by atoms with Gasteiger partial charge in [-0.3, -0.25) is 14.9 Å². The topological polar surface area (TPSA) is 100 Å². The number of hydrogen-bond donors (Lipinski definition) is 0. The fraction of sp³-hybridized carbons (Fsp3) is 0.240. The minimum atomic E-state index is -0.544. The van der Waals surface area contributed by atoms with E-state index in [1.165, 1.54) is 23.1 Å². The highest BCUT2D eigenvalue weighted by molar-refractivity contribution is 5.97. The van der Waals surface area contributed by atoms with Gasteiger partial charge in [0.1, 0.15) is 17.2 Å². The SMILES string of the molecule is COc1ccc(Oc2ccc([N+](=O)[O-])cc2C(=O)N(C)CCc2ccc(OC)c(OC)c2)cc1. The molecule has 9 nitrogen and oxygen atoms in total. The van der Waals surface area contributed by atoms with Gasteiger partial charge in [-0.15, -0.1) is 0 Å². The van der Waals surface area contributed by atoms with E-state index in [0.29, 0.717) is 36.0 Å². The van der Waals surface area contributed by atoms with Gasteiger partial charge in [-0.25, -0.2) is 0 Å². The molecule has 178 valence electrons. The Balaban J connectivity index is 1.80. The number of carbonyl (C=O) groups excluding carboxylic acids is 1. The van der Waals surface area contributed by atoms with Crippen LogP contribution in [0.15, 0.2) is 60.7 Å². The molecule has 0 aliphatic heterocycles. The molecule has 3 aromatic carbocycles. The van der Waals surface area contributed by atoms with Gasteiger partial charge in [0, 0.05) is 25.7 Å². The van der Waals surface area contributed by atoms with Gasteiger partial charge in [-0.2, -0.15) is 0 Å². The molecule has 0 unspecified atom stereocenters. The van der Waals surface area contributed by atoms with Crippen LogP contribution in [0.25, 0.3) is 0 Å². The number of rotatable bonds is 10. The van der Waals surface area contributed by atoms with E-state index in [1.807, 2.05) is 12.1 Å². The summed E-state index contributed by atoms with van der Waals surface area (Å²) >= 11 is 0. The molecule has 0 aliphatic rings. The molecule has 0 radical (unpaired) electrons. The number of ether oxygens (including phenoxy) is 4. The molecule has 0 spiro atoms. The maximum absolute atomic E-state index is 13.2. The zero-order valence-corrected chi connectivity index (χ0v) is 19.4. The molecule has 0 fully saturated rings. The van der Waals surface area contributed by atoms with Crippen molar-refractivity contribution in [1.29, 1.82) is 0 Å². The van der Waals surface area contributed by atoms with Crippen LogP contribution in [0.4, 0.5) is 5.69 Å². The minimum Gasteiger partial charge on any atom is -0.497 e. The number of non-ortho nitro benzene ring substituents is 1. The van der Waals surface area contributed by atoms with Crippen molar-refractivity contribution >= 4 is 11.6 Å². The summed E-state index contributed by atoms with van der Waals surface area (Å²) in [5, 5.41) is 11.3. The van der Waals surface area contributed by atoms with Crippen molar-refractivity contribution in [2.75, 3.05) is 34.9 Å². The van der Waals surface area contributed by atoms with E-state index in [1.54, 1.807) is 58.7 Å². The Kier molecular flexibility index (Phi) is 7.92. The van der Waals surface area contributed by atoms with Crippen LogP contribution in [0.2, 0.25) is 0 Å². The fourth-order valence-electron chi connectivity index (χ4n) is 3.30. The average molecular weight is 466 g/mol. The second-order valence-electron chi connectivity index (χ2n) is 7.38. The molecule has 0 saturated carbocycles. The zero-order valence-electron chi connectivity index (χ0n) is 19.4. The Labute approximate surface area is 197 Å². The fourth-order valence-corrected chi connectivity index (χ4v) is 3.30. The van der Waals surface area contributed by atoms with E-state index < -0.39 is 10.8 Å². The molecule has 0 aliphatic carbocycles. The van der Waals surface area contributed by atoms with Crippen LogP contribution in [0.5, 0.6) is 28.7 Å². The van der Waals surface area contributed by atoms with Gasteiger partial charge >= 0.3 is 0 Å². The van der Waals surface area contributed by atoms with E-state index in [4.69, 9.17) is 18.9 Å². The maximum atomic E-state index is 13.2. The van der Waals surface area contributed by atoms with Gasteiger partial charge < -0.3 is 23.8 Å². The normalized spacial score (nSPS) is 10.4. The number of nitro benzene ring substituents is 1. The van der Waals surface area contributed by atoms with Gasteiger partial charge in [-0.1, -0.05) is 6.07 Å². The summed E-state index contributed by atoms with van der Waals surface area (Å²) in [6.45, 7) is 0.374. The van der Waals surface area contributed by atoms with Gasteiger partial charge in [-0.05, 0) is 54.4 Å². The number of carbonyl (C=O) groups is 1. The summed E-state index contributed by atoms with van der Waals surface area (Å²) in [4.78, 5) is 25.5. The van der Waals surface area contributed by atoms with Crippen molar-refractivity contribution in [2.45, 2.75) is 6.42 Å². The summed E-state index contributed by atoms with van der Waals surface area (Å²) in [6.07, 6.45) is 0.548. The lowest BCUT2D eigenvalue weighted by Crippen LogP contribution is -2.29. The van der Waals surface area contributed by atoms with Crippen LogP contribution in [-0.2, 0) is 6.42 Å². The van der Waals surface area contributed by atoms with Crippen LogP contribution in [-0.4, -0.2) is 50.7 Å². The minimum absolute atomic E-state index is 0.0971. The summed E-state index contributed by atoms with van der Waals surface area (Å²) in [6, 6.07) is 16.3. The van der Waals surface area contributed by atoms with Crippen molar-refractivity contribution in [3.05, 3.63) is 81.9 Å². The van der Waals surface area contributed by atoms with Crippen LogP contribution < -0.4 is 18.9 Å². The maximum Gasteiger partial charge on any atom is 0.270 e. The van der Waals surface area contributed by atoms with E-state index in [9.17, 15) is 14.9 Å². The van der Waals surface area contributed by atoms with Crippen molar-refractivity contribution in [1.82, 2.24) is 4.90 Å². The summed E-state index contributed by atoms with van der Waals surface area (Å²) < 4.78 is 21.6. The van der Waals surface area contributed by atoms with Gasteiger partial charge in [0.25, 0.3) is 11.6 Å². The first kappa shape index (κ1) is 24.4. The first-order valence-electron chi connectivity index (χ1n) is 10.4. The number of likely N-dealkylation sites (N-methyl/N-ethyl adjacent to an activating group) is 1. The second-order valence-corrected chi connectivity index (χ2v) is 7.38. The molecule has 0 atom stereocenters. The number of benzene rings is 3. The third-order valence-corrected chi connectivity index (χ3v) is 5.22. The lowest BCUT2D eigenvalue weighted by atomic mass is 10.1. The molecule has 0 bridgehead atoms. The lowest BCUT2D eigenvalue weighted by molar-refractivity contribution is -0.384. The van der Waals surface area contributed by atoms with Crippen molar-refractivity contribution in [3.8, 4) is 28.7 Å². The molecule has 1 amide bonds. The highest BCUT2D eigenvalue weighted by Gasteiger charge is 2.21. The molecule has 0 saturated heterocycles. The monoisotopic (exact) mass is 466 g/mol. The quantitative estimate of drug-likeness (QED) is 0.315. The van der Waals surface area contributed by atoms with Gasteiger partial charge in [0.2, 0.25) is 0 Å². The molecular formula is C25H26N2O7. The molecule has 0 heterocycles. The van der Waals surface area contributed by atoms with E-state index in [-0.39, 0.29) is 17.0 Å². The number of nitrogens with zero attached hydrogens (tertiary/aromatic N) is 2. The molecule has 0 N–H and O–H groups in total. The van der Waals surface area contributed by atoms with Crippen LogP contribution in [0.1, 0.15) is 15.9 Å². The Morgan fingerprint density at radius 1 is 0.853 bits per heavy atom. The van der Waals surface area contributed by atoms with Crippen molar-refractivity contribution in [2.24, 2.45) is 0 Å². The van der Waals surface area contributed by atoms with Crippen LogP contribution in [0, 0.1) is 10.1 Å². The van der Waals surface area contributed by atoms with Crippen LogP contribution >= 0.6 is 0 Å². The molecule has 0 aromatic heterocycles. The smallest absolute Gasteiger partial charge is 0.270 e. The molecular weight excluding hydrogens is 440 g/mol.